The topological polar surface area (TPSA) is 80.6 Å². The Labute approximate surface area is 152 Å². The molecule has 1 amide bonds. The van der Waals surface area contributed by atoms with Crippen LogP contribution in [0.2, 0.25) is 5.02 Å². The Kier molecular flexibility index (Phi) is 6.58. The Hall–Kier alpha value is -3.05. The maximum absolute atomic E-state index is 12.2. The van der Waals surface area contributed by atoms with Crippen molar-refractivity contribution in [3.8, 4) is 23.3 Å². The Balaban J connectivity index is 1.97. The maximum Gasteiger partial charge on any atom is 0.387 e. The lowest BCUT2D eigenvalue weighted by Gasteiger charge is -2.12. The van der Waals surface area contributed by atoms with E-state index in [1.165, 1.54) is 43.5 Å². The van der Waals surface area contributed by atoms with E-state index in [4.69, 9.17) is 26.3 Å². The molecule has 6 nitrogen and oxygen atoms in total. The van der Waals surface area contributed by atoms with E-state index in [0.29, 0.717) is 17.1 Å². The molecule has 0 fully saturated rings. The molecule has 0 aliphatic rings. The fourth-order valence-electron chi connectivity index (χ4n) is 1.97. The molecule has 2 rings (SSSR count). The predicted molar refractivity (Wildman–Crippen MR) is 89.9 cm³/mol. The minimum atomic E-state index is -3.00. The summed E-state index contributed by atoms with van der Waals surface area (Å²) < 4.78 is 39.1. The van der Waals surface area contributed by atoms with Crippen LogP contribution in [0.5, 0.6) is 17.2 Å². The third kappa shape index (κ3) is 5.22. The molecule has 1 N–H and O–H groups in total. The number of benzene rings is 2. The van der Waals surface area contributed by atoms with Crippen molar-refractivity contribution in [3.63, 3.8) is 0 Å². The van der Waals surface area contributed by atoms with Gasteiger partial charge in [-0.15, -0.1) is 0 Å². The molecule has 0 bridgehead atoms. The normalized spacial score (nSPS) is 10.2. The number of methoxy groups -OCH3 is 1. The van der Waals surface area contributed by atoms with E-state index in [0.717, 1.165) is 0 Å². The standard InChI is InChI=1S/C17H13ClF2N2O4/c1-24-15-6-10(8-21)2-4-14(15)25-9-16(23)22-11-3-5-13(12(18)7-11)26-17(19)20/h2-7,17H,9H2,1H3,(H,22,23). The van der Waals surface area contributed by atoms with E-state index in [-0.39, 0.29) is 23.1 Å². The number of ether oxygens (including phenoxy) is 3. The summed E-state index contributed by atoms with van der Waals surface area (Å²) in [5.41, 5.74) is 0.677. The van der Waals surface area contributed by atoms with Gasteiger partial charge < -0.3 is 19.5 Å². The molecule has 136 valence electrons. The van der Waals surface area contributed by atoms with Crippen LogP contribution < -0.4 is 19.5 Å². The van der Waals surface area contributed by atoms with Crippen molar-refractivity contribution in [1.82, 2.24) is 0 Å². The number of nitrogens with one attached hydrogen (secondary N) is 1. The average molecular weight is 383 g/mol. The molecule has 26 heavy (non-hydrogen) atoms. The molecule has 0 radical (unpaired) electrons. The van der Waals surface area contributed by atoms with E-state index in [1.807, 2.05) is 6.07 Å². The molecule has 0 saturated heterocycles. The maximum atomic E-state index is 12.2. The van der Waals surface area contributed by atoms with Crippen LogP contribution in [0.25, 0.3) is 0 Å². The third-order valence-corrected chi connectivity index (χ3v) is 3.38. The van der Waals surface area contributed by atoms with Gasteiger partial charge in [-0.2, -0.15) is 14.0 Å². The van der Waals surface area contributed by atoms with E-state index in [9.17, 15) is 13.6 Å². The highest BCUT2D eigenvalue weighted by atomic mass is 35.5. The first-order valence-electron chi connectivity index (χ1n) is 7.18. The van der Waals surface area contributed by atoms with Gasteiger partial charge in [0.25, 0.3) is 5.91 Å². The zero-order valence-corrected chi connectivity index (χ0v) is 14.2. The fourth-order valence-corrected chi connectivity index (χ4v) is 2.19. The predicted octanol–water partition coefficient (Wildman–Crippen LogP) is 3.84. The molecule has 0 aliphatic heterocycles. The largest absolute Gasteiger partial charge is 0.493 e. The van der Waals surface area contributed by atoms with Crippen LogP contribution in [0.1, 0.15) is 5.56 Å². The Morgan fingerprint density at radius 2 is 1.96 bits per heavy atom. The highest BCUT2D eigenvalue weighted by molar-refractivity contribution is 6.32. The van der Waals surface area contributed by atoms with Crippen molar-refractivity contribution in [3.05, 3.63) is 47.0 Å². The zero-order valence-electron chi connectivity index (χ0n) is 13.5. The van der Waals surface area contributed by atoms with Gasteiger partial charge in [0.1, 0.15) is 5.75 Å². The first-order chi connectivity index (χ1) is 12.4. The first kappa shape index (κ1) is 19.3. The monoisotopic (exact) mass is 382 g/mol. The smallest absolute Gasteiger partial charge is 0.387 e. The van der Waals surface area contributed by atoms with Gasteiger partial charge in [-0.3, -0.25) is 4.79 Å². The first-order valence-corrected chi connectivity index (χ1v) is 7.56. The number of rotatable bonds is 7. The lowest BCUT2D eigenvalue weighted by Crippen LogP contribution is -2.20. The van der Waals surface area contributed by atoms with Crippen molar-refractivity contribution in [1.29, 1.82) is 5.26 Å². The van der Waals surface area contributed by atoms with Gasteiger partial charge in [0, 0.05) is 11.8 Å². The molecule has 0 atom stereocenters. The highest BCUT2D eigenvalue weighted by Gasteiger charge is 2.12. The van der Waals surface area contributed by atoms with Crippen molar-refractivity contribution in [2.75, 3.05) is 19.0 Å². The number of hydrogen-bond acceptors (Lipinski definition) is 5. The summed E-state index contributed by atoms with van der Waals surface area (Å²) in [5, 5.41) is 11.3. The lowest BCUT2D eigenvalue weighted by molar-refractivity contribution is -0.118. The number of nitriles is 1. The summed E-state index contributed by atoms with van der Waals surface area (Å²) in [5.74, 6) is -0.0954. The Bertz CT molecular complexity index is 840. The number of anilines is 1. The van der Waals surface area contributed by atoms with Crippen molar-refractivity contribution in [2.45, 2.75) is 6.61 Å². The van der Waals surface area contributed by atoms with Crippen LogP contribution in [0.15, 0.2) is 36.4 Å². The van der Waals surface area contributed by atoms with E-state index in [1.54, 1.807) is 0 Å². The number of carbonyl (C=O) groups is 1. The Morgan fingerprint density at radius 1 is 1.23 bits per heavy atom. The van der Waals surface area contributed by atoms with Gasteiger partial charge >= 0.3 is 6.61 Å². The second-order valence-corrected chi connectivity index (χ2v) is 5.25. The lowest BCUT2D eigenvalue weighted by atomic mass is 10.2. The van der Waals surface area contributed by atoms with Crippen molar-refractivity contribution >= 4 is 23.2 Å². The molecule has 2 aromatic rings. The molecule has 0 aliphatic carbocycles. The van der Waals surface area contributed by atoms with Gasteiger partial charge in [0.05, 0.1) is 23.8 Å². The molecule has 0 spiro atoms. The third-order valence-electron chi connectivity index (χ3n) is 3.08. The summed E-state index contributed by atoms with van der Waals surface area (Å²) in [7, 11) is 1.41. The molecular weight excluding hydrogens is 370 g/mol. The van der Waals surface area contributed by atoms with E-state index < -0.39 is 12.5 Å². The molecule has 0 saturated carbocycles. The number of halogens is 3. The Morgan fingerprint density at radius 3 is 2.58 bits per heavy atom. The summed E-state index contributed by atoms with van der Waals surface area (Å²) in [6.07, 6.45) is 0. The van der Waals surface area contributed by atoms with Gasteiger partial charge in [-0.25, -0.2) is 0 Å². The SMILES string of the molecule is COc1cc(C#N)ccc1OCC(=O)Nc1ccc(OC(F)F)c(Cl)c1. The van der Waals surface area contributed by atoms with Crippen LogP contribution in [-0.4, -0.2) is 26.2 Å². The number of alkyl halides is 2. The van der Waals surface area contributed by atoms with E-state index in [2.05, 4.69) is 10.1 Å². The van der Waals surface area contributed by atoms with Gasteiger partial charge in [-0.1, -0.05) is 11.6 Å². The van der Waals surface area contributed by atoms with Gasteiger partial charge in [-0.05, 0) is 30.3 Å². The van der Waals surface area contributed by atoms with Crippen LogP contribution in [-0.2, 0) is 4.79 Å². The molecular formula is C17H13ClF2N2O4. The van der Waals surface area contributed by atoms with Crippen LogP contribution in [0, 0.1) is 11.3 Å². The van der Waals surface area contributed by atoms with Gasteiger partial charge in [0.2, 0.25) is 0 Å². The molecule has 0 heterocycles. The summed E-state index contributed by atoms with van der Waals surface area (Å²) in [6.45, 7) is -3.33. The number of amides is 1. The molecule has 2 aromatic carbocycles. The van der Waals surface area contributed by atoms with Crippen molar-refractivity contribution in [2.24, 2.45) is 0 Å². The molecule has 0 unspecified atom stereocenters. The highest BCUT2D eigenvalue weighted by Crippen LogP contribution is 2.29. The zero-order chi connectivity index (χ0) is 19.1. The second-order valence-electron chi connectivity index (χ2n) is 4.84. The minimum Gasteiger partial charge on any atom is -0.493 e. The van der Waals surface area contributed by atoms with Gasteiger partial charge in [0.15, 0.2) is 18.1 Å². The summed E-state index contributed by atoms with van der Waals surface area (Å²) in [4.78, 5) is 12.0. The molecule has 0 aromatic heterocycles. The van der Waals surface area contributed by atoms with Crippen LogP contribution in [0.4, 0.5) is 14.5 Å². The number of hydrogen-bond donors (Lipinski definition) is 1. The fraction of sp³-hybridized carbons (Fsp3) is 0.176. The van der Waals surface area contributed by atoms with Crippen LogP contribution >= 0.6 is 11.6 Å². The summed E-state index contributed by atoms with van der Waals surface area (Å²) >= 11 is 5.81. The average Bonchev–Trinajstić information content (AvgIpc) is 2.61. The number of carbonyl (C=O) groups excluding carboxylic acids is 1. The molecule has 9 heteroatoms. The quantitative estimate of drug-likeness (QED) is 0.787. The van der Waals surface area contributed by atoms with E-state index >= 15 is 0 Å². The second kappa shape index (κ2) is 8.87. The summed E-state index contributed by atoms with van der Waals surface area (Å²) in [6, 6.07) is 10.3. The van der Waals surface area contributed by atoms with Crippen molar-refractivity contribution < 1.29 is 27.8 Å². The minimum absolute atomic E-state index is 0.0715. The number of nitrogens with zero attached hydrogens (tertiary/aromatic N) is 1. The van der Waals surface area contributed by atoms with Crippen LogP contribution in [0.3, 0.4) is 0 Å².